The molecule has 3 aromatic rings. The van der Waals surface area contributed by atoms with Crippen LogP contribution in [-0.2, 0) is 0 Å². The van der Waals surface area contributed by atoms with Crippen LogP contribution in [0.3, 0.4) is 0 Å². The average Bonchev–Trinajstić information content (AvgIpc) is 2.55. The van der Waals surface area contributed by atoms with E-state index in [0.717, 1.165) is 22.2 Å². The van der Waals surface area contributed by atoms with Crippen LogP contribution < -0.4 is 14.5 Å². The molecule has 0 bridgehead atoms. The Morgan fingerprint density at radius 2 is 1.86 bits per heavy atom. The Balaban J connectivity index is 1.99. The molecule has 1 aromatic heterocycles. The summed E-state index contributed by atoms with van der Waals surface area (Å²) >= 11 is 0. The summed E-state index contributed by atoms with van der Waals surface area (Å²) in [7, 11) is 1.60. The predicted octanol–water partition coefficient (Wildman–Crippen LogP) is 2.16. The highest BCUT2D eigenvalue weighted by Gasteiger charge is 2.07. The lowest BCUT2D eigenvalue weighted by atomic mass is 10.1. The minimum Gasteiger partial charge on any atom is -0.868 e. The van der Waals surface area contributed by atoms with Gasteiger partial charge in [-0.15, -0.1) is 0 Å². The van der Waals surface area contributed by atoms with Gasteiger partial charge in [0, 0.05) is 10.5 Å². The highest BCUT2D eigenvalue weighted by atomic mass is 16.5. The van der Waals surface area contributed by atoms with Gasteiger partial charge in [-0.25, -0.2) is 0 Å². The van der Waals surface area contributed by atoms with Crippen LogP contribution in [0.2, 0.25) is 0 Å². The molecule has 2 aromatic carbocycles. The predicted molar refractivity (Wildman–Crippen MR) is 83.8 cm³/mol. The third kappa shape index (κ3) is 2.76. The molecule has 0 aliphatic heterocycles. The van der Waals surface area contributed by atoms with Gasteiger partial charge in [0.1, 0.15) is 11.4 Å². The fourth-order valence-electron chi connectivity index (χ4n) is 2.35. The van der Waals surface area contributed by atoms with Crippen LogP contribution in [0.4, 0.5) is 0 Å². The van der Waals surface area contributed by atoms with E-state index in [1.807, 2.05) is 37.4 Å². The summed E-state index contributed by atoms with van der Waals surface area (Å²) in [5.41, 5.74) is 1.48. The molecule has 22 heavy (non-hydrogen) atoms. The molecule has 0 saturated heterocycles. The molecule has 0 atom stereocenters. The van der Waals surface area contributed by atoms with Gasteiger partial charge in [0.15, 0.2) is 6.20 Å². The molecule has 0 aliphatic rings. The van der Waals surface area contributed by atoms with E-state index in [4.69, 9.17) is 4.74 Å². The maximum absolute atomic E-state index is 12.3. The number of hydrogen-bond acceptors (Lipinski definition) is 3. The summed E-state index contributed by atoms with van der Waals surface area (Å²) in [5.74, 6) is 0.624. The lowest BCUT2D eigenvalue weighted by Gasteiger charge is -2.09. The van der Waals surface area contributed by atoms with Crippen molar-refractivity contribution >= 4 is 22.7 Å². The standard InChI is InChI=1S/C18H16N2O2/c1-13-17-6-4-3-5-15(17)11-20(19-13)12-18(21)14-7-9-16(22-2)10-8-14/h3-12H,1-2H3. The van der Waals surface area contributed by atoms with Gasteiger partial charge in [-0.3, -0.25) is 0 Å². The van der Waals surface area contributed by atoms with Crippen LogP contribution in [-0.4, -0.2) is 12.2 Å². The van der Waals surface area contributed by atoms with Gasteiger partial charge in [0.2, 0.25) is 6.20 Å². The first-order valence-corrected chi connectivity index (χ1v) is 6.98. The smallest absolute Gasteiger partial charge is 0.210 e. The van der Waals surface area contributed by atoms with Gasteiger partial charge in [-0.05, 0) is 36.4 Å². The Morgan fingerprint density at radius 3 is 2.59 bits per heavy atom. The second kappa shape index (κ2) is 5.85. The minimum atomic E-state index is -0.102. The molecule has 4 nitrogen and oxygen atoms in total. The average molecular weight is 292 g/mol. The van der Waals surface area contributed by atoms with E-state index in [-0.39, 0.29) is 5.76 Å². The normalized spacial score (nSPS) is 11.6. The summed E-state index contributed by atoms with van der Waals surface area (Å²) in [6, 6.07) is 15.0. The molecule has 0 radical (unpaired) electrons. The van der Waals surface area contributed by atoms with Crippen LogP contribution in [0.15, 0.2) is 54.7 Å². The van der Waals surface area contributed by atoms with Crippen molar-refractivity contribution in [3.8, 4) is 5.75 Å². The Labute approximate surface area is 128 Å². The quantitative estimate of drug-likeness (QED) is 0.549. The van der Waals surface area contributed by atoms with Crippen molar-refractivity contribution < 1.29 is 14.5 Å². The van der Waals surface area contributed by atoms with E-state index in [1.165, 1.54) is 6.20 Å². The minimum absolute atomic E-state index is 0.102. The van der Waals surface area contributed by atoms with E-state index < -0.39 is 0 Å². The molecule has 0 aliphatic carbocycles. The van der Waals surface area contributed by atoms with Crippen LogP contribution >= 0.6 is 0 Å². The molecule has 110 valence electrons. The molecular weight excluding hydrogens is 276 g/mol. The summed E-state index contributed by atoms with van der Waals surface area (Å²) in [4.78, 5) is 0. The number of aromatic nitrogens is 2. The third-order valence-electron chi connectivity index (χ3n) is 3.51. The maximum Gasteiger partial charge on any atom is 0.210 e. The molecule has 0 unspecified atom stereocenters. The van der Waals surface area contributed by atoms with Crippen molar-refractivity contribution in [2.24, 2.45) is 0 Å². The van der Waals surface area contributed by atoms with Crippen LogP contribution in [0.5, 0.6) is 5.75 Å². The Hall–Kier alpha value is -2.88. The van der Waals surface area contributed by atoms with Crippen molar-refractivity contribution in [2.75, 3.05) is 7.11 Å². The molecule has 0 spiro atoms. The summed E-state index contributed by atoms with van der Waals surface area (Å²) in [6.07, 6.45) is 3.34. The Kier molecular flexibility index (Phi) is 3.74. The molecule has 3 rings (SSSR count). The highest BCUT2D eigenvalue weighted by molar-refractivity contribution is 5.82. The zero-order valence-corrected chi connectivity index (χ0v) is 12.5. The number of rotatable bonds is 3. The van der Waals surface area contributed by atoms with Gasteiger partial charge in [0.25, 0.3) is 0 Å². The molecule has 1 heterocycles. The van der Waals surface area contributed by atoms with E-state index in [1.54, 1.807) is 36.1 Å². The number of hydrogen-bond donors (Lipinski definition) is 0. The fourth-order valence-corrected chi connectivity index (χ4v) is 2.35. The fraction of sp³-hybridized carbons (Fsp3) is 0.111. The zero-order valence-electron chi connectivity index (χ0n) is 12.5. The second-order valence-electron chi connectivity index (χ2n) is 5.00. The maximum atomic E-state index is 12.3. The molecular formula is C18H16N2O2. The molecule has 0 saturated carbocycles. The zero-order chi connectivity index (χ0) is 15.5. The Morgan fingerprint density at radius 1 is 1.14 bits per heavy atom. The molecule has 0 fully saturated rings. The van der Waals surface area contributed by atoms with Gasteiger partial charge in [-0.2, -0.15) is 0 Å². The van der Waals surface area contributed by atoms with Crippen LogP contribution in [0.25, 0.3) is 22.7 Å². The number of aryl methyl sites for hydroxylation is 1. The number of benzene rings is 2. The molecule has 4 heteroatoms. The second-order valence-corrected chi connectivity index (χ2v) is 5.00. The van der Waals surface area contributed by atoms with Gasteiger partial charge in [0.05, 0.1) is 12.5 Å². The first-order valence-electron chi connectivity index (χ1n) is 6.98. The van der Waals surface area contributed by atoms with Crippen molar-refractivity contribution in [3.05, 3.63) is 66.0 Å². The monoisotopic (exact) mass is 292 g/mol. The molecule has 0 N–H and O–H groups in total. The van der Waals surface area contributed by atoms with Crippen molar-refractivity contribution in [1.82, 2.24) is 5.10 Å². The van der Waals surface area contributed by atoms with E-state index in [9.17, 15) is 5.11 Å². The highest BCUT2D eigenvalue weighted by Crippen LogP contribution is 2.16. The van der Waals surface area contributed by atoms with Crippen molar-refractivity contribution in [1.29, 1.82) is 0 Å². The summed E-state index contributed by atoms with van der Waals surface area (Å²) < 4.78 is 6.67. The summed E-state index contributed by atoms with van der Waals surface area (Å²) in [5, 5.41) is 18.9. The first-order chi connectivity index (χ1) is 10.7. The SMILES string of the molecule is COc1ccc(/C([O-])=C/[n+]2cc3ccccc3c(C)n2)cc1. The largest absolute Gasteiger partial charge is 0.868 e. The molecule has 0 amide bonds. The van der Waals surface area contributed by atoms with Crippen molar-refractivity contribution in [2.45, 2.75) is 6.92 Å². The lowest BCUT2D eigenvalue weighted by Crippen LogP contribution is -2.33. The first kappa shape index (κ1) is 14.1. The van der Waals surface area contributed by atoms with E-state index in [2.05, 4.69) is 5.10 Å². The van der Waals surface area contributed by atoms with Crippen LogP contribution in [0.1, 0.15) is 11.3 Å². The lowest BCUT2D eigenvalue weighted by molar-refractivity contribution is -0.634. The third-order valence-corrected chi connectivity index (χ3v) is 3.51. The number of methoxy groups -OCH3 is 1. The topological polar surface area (TPSA) is 49.1 Å². The number of nitrogens with zero attached hydrogens (tertiary/aromatic N) is 2. The van der Waals surface area contributed by atoms with Gasteiger partial charge in [-0.1, -0.05) is 35.0 Å². The number of fused-ring (bicyclic) bond motifs is 1. The van der Waals surface area contributed by atoms with Crippen LogP contribution in [0, 0.1) is 6.92 Å². The van der Waals surface area contributed by atoms with Crippen molar-refractivity contribution in [3.63, 3.8) is 0 Å². The van der Waals surface area contributed by atoms with E-state index in [0.29, 0.717) is 5.56 Å². The van der Waals surface area contributed by atoms with E-state index >= 15 is 0 Å². The summed E-state index contributed by atoms with van der Waals surface area (Å²) in [6.45, 7) is 1.94. The van der Waals surface area contributed by atoms with Gasteiger partial charge >= 0.3 is 0 Å². The Bertz CT molecular complexity index is 839. The van der Waals surface area contributed by atoms with Gasteiger partial charge < -0.3 is 9.84 Å². The number of ether oxygens (including phenoxy) is 1.